The smallest absolute Gasteiger partial charge is 0.261 e. The summed E-state index contributed by atoms with van der Waals surface area (Å²) in [5.74, 6) is -0.254. The summed E-state index contributed by atoms with van der Waals surface area (Å²) >= 11 is 1.39. The Morgan fingerprint density at radius 3 is 2.70 bits per heavy atom. The quantitative estimate of drug-likeness (QED) is 0.654. The number of nitrogens with one attached hydrogen (secondary N) is 1. The highest BCUT2D eigenvalue weighted by Crippen LogP contribution is 2.25. The molecule has 4 N–H and O–H groups in total. The first-order valence-corrected chi connectivity index (χ1v) is 8.25. The topological polar surface area (TPSA) is 99.0 Å². The lowest BCUT2D eigenvalue weighted by molar-refractivity contribution is -0.214. The molecule has 0 unspecified atom stereocenters. The van der Waals surface area contributed by atoms with Gasteiger partial charge in [0.25, 0.3) is 5.91 Å². The van der Waals surface area contributed by atoms with Crippen LogP contribution in [0.5, 0.6) is 0 Å². The Morgan fingerprint density at radius 2 is 1.96 bits per heavy atom. The van der Waals surface area contributed by atoms with Crippen molar-refractivity contribution < 1.29 is 24.9 Å². The molecule has 3 rings (SSSR count). The van der Waals surface area contributed by atoms with Crippen LogP contribution in [0.3, 0.4) is 0 Å². The lowest BCUT2D eigenvalue weighted by Crippen LogP contribution is -2.59. The second-order valence-corrected chi connectivity index (χ2v) is 6.79. The first kappa shape index (κ1) is 16.4. The van der Waals surface area contributed by atoms with Crippen LogP contribution in [0.25, 0.3) is 10.1 Å². The number of aliphatic hydroxyl groups is 3. The maximum Gasteiger partial charge on any atom is 0.261 e. The number of amides is 1. The molecular weight excluding hydrogens is 318 g/mol. The molecule has 1 amide bonds. The van der Waals surface area contributed by atoms with Crippen molar-refractivity contribution in [2.75, 3.05) is 6.54 Å². The normalized spacial score (nSPS) is 31.2. The van der Waals surface area contributed by atoms with E-state index in [4.69, 9.17) is 4.74 Å². The van der Waals surface area contributed by atoms with Crippen molar-refractivity contribution in [1.29, 1.82) is 0 Å². The molecule has 5 atom stereocenters. The molecule has 2 aromatic rings. The molecule has 0 radical (unpaired) electrons. The van der Waals surface area contributed by atoms with Crippen molar-refractivity contribution in [3.8, 4) is 0 Å². The van der Waals surface area contributed by atoms with E-state index in [0.717, 1.165) is 10.1 Å². The summed E-state index contributed by atoms with van der Waals surface area (Å²) in [5, 5.41) is 33.1. The number of hydrogen-bond acceptors (Lipinski definition) is 6. The number of benzene rings is 1. The SMILES string of the molecule is C[C@@H]1O[C@H](CNC(=O)c2cc3ccccc3s2)[C@@H](O)[C@H](O)[C@@H]1O. The predicted molar refractivity (Wildman–Crippen MR) is 86.5 cm³/mol. The Kier molecular flexibility index (Phi) is 4.65. The molecular formula is C16H19NO5S. The maximum absolute atomic E-state index is 12.2. The molecule has 0 bridgehead atoms. The summed E-state index contributed by atoms with van der Waals surface area (Å²) in [6, 6.07) is 9.53. The third-order valence-corrected chi connectivity index (χ3v) is 5.18. The number of rotatable bonds is 3. The fraction of sp³-hybridized carbons (Fsp3) is 0.438. The van der Waals surface area contributed by atoms with Gasteiger partial charge in [-0.1, -0.05) is 18.2 Å². The van der Waals surface area contributed by atoms with Gasteiger partial charge in [0.1, 0.15) is 24.4 Å². The molecule has 2 heterocycles. The number of fused-ring (bicyclic) bond motifs is 1. The average molecular weight is 337 g/mol. The summed E-state index contributed by atoms with van der Waals surface area (Å²) in [6.45, 7) is 1.67. The van der Waals surface area contributed by atoms with Gasteiger partial charge >= 0.3 is 0 Å². The molecule has 1 fully saturated rings. The van der Waals surface area contributed by atoms with Gasteiger partial charge in [0.2, 0.25) is 0 Å². The first-order chi connectivity index (χ1) is 11.0. The van der Waals surface area contributed by atoms with Gasteiger partial charge in [0.05, 0.1) is 11.0 Å². The van der Waals surface area contributed by atoms with Crippen LogP contribution in [-0.4, -0.2) is 58.3 Å². The van der Waals surface area contributed by atoms with Gasteiger partial charge in [-0.05, 0) is 24.4 Å². The van der Waals surface area contributed by atoms with Crippen LogP contribution in [-0.2, 0) is 4.74 Å². The summed E-state index contributed by atoms with van der Waals surface area (Å²) in [6.07, 6.45) is -5.05. The highest BCUT2D eigenvalue weighted by atomic mass is 32.1. The Morgan fingerprint density at radius 1 is 1.22 bits per heavy atom. The van der Waals surface area contributed by atoms with Crippen LogP contribution >= 0.6 is 11.3 Å². The number of carbonyl (C=O) groups excluding carboxylic acids is 1. The number of aliphatic hydroxyl groups excluding tert-OH is 3. The molecule has 0 spiro atoms. The minimum absolute atomic E-state index is 0.0579. The van der Waals surface area contributed by atoms with E-state index in [0.29, 0.717) is 4.88 Å². The molecule has 1 aromatic heterocycles. The average Bonchev–Trinajstić information content (AvgIpc) is 2.99. The second-order valence-electron chi connectivity index (χ2n) is 5.71. The van der Waals surface area contributed by atoms with E-state index in [1.807, 2.05) is 30.3 Å². The largest absolute Gasteiger partial charge is 0.388 e. The number of ether oxygens (including phenoxy) is 1. The molecule has 6 nitrogen and oxygen atoms in total. The summed E-state index contributed by atoms with van der Waals surface area (Å²) in [5.41, 5.74) is 0. The van der Waals surface area contributed by atoms with E-state index in [9.17, 15) is 20.1 Å². The van der Waals surface area contributed by atoms with Gasteiger partial charge in [0, 0.05) is 11.2 Å². The standard InChI is InChI=1S/C16H19NO5S/c1-8-13(18)15(20)14(19)10(22-8)7-17-16(21)12-6-9-4-2-3-5-11(9)23-12/h2-6,8,10,13-15,18-20H,7H2,1H3,(H,17,21)/t8-,10+,13+,14+,15+/m0/s1. The molecule has 0 saturated carbocycles. The van der Waals surface area contributed by atoms with E-state index in [2.05, 4.69) is 5.32 Å². The fourth-order valence-electron chi connectivity index (χ4n) is 2.68. The van der Waals surface area contributed by atoms with Gasteiger partial charge in [-0.2, -0.15) is 0 Å². The Hall–Kier alpha value is -1.51. The maximum atomic E-state index is 12.2. The monoisotopic (exact) mass is 337 g/mol. The fourth-order valence-corrected chi connectivity index (χ4v) is 3.66. The van der Waals surface area contributed by atoms with Crippen LogP contribution in [0.1, 0.15) is 16.6 Å². The molecule has 1 aliphatic heterocycles. The van der Waals surface area contributed by atoms with Crippen molar-refractivity contribution in [1.82, 2.24) is 5.32 Å². The predicted octanol–water partition coefficient (Wildman–Crippen LogP) is 0.501. The van der Waals surface area contributed by atoms with Crippen molar-refractivity contribution in [2.24, 2.45) is 0 Å². The molecule has 23 heavy (non-hydrogen) atoms. The highest BCUT2D eigenvalue weighted by Gasteiger charge is 2.41. The van der Waals surface area contributed by atoms with E-state index in [1.165, 1.54) is 11.3 Å². The number of hydrogen-bond donors (Lipinski definition) is 4. The minimum Gasteiger partial charge on any atom is -0.388 e. The molecule has 0 aliphatic carbocycles. The van der Waals surface area contributed by atoms with Crippen LogP contribution in [0.2, 0.25) is 0 Å². The lowest BCUT2D eigenvalue weighted by atomic mass is 9.95. The Bertz CT molecular complexity index is 670. The van der Waals surface area contributed by atoms with Crippen LogP contribution in [0.4, 0.5) is 0 Å². The molecule has 124 valence electrons. The molecule has 1 aliphatic rings. The van der Waals surface area contributed by atoms with Gasteiger partial charge in [-0.25, -0.2) is 0 Å². The summed E-state index contributed by atoms with van der Waals surface area (Å²) in [4.78, 5) is 12.8. The second kappa shape index (κ2) is 6.54. The minimum atomic E-state index is -1.29. The number of carbonyl (C=O) groups is 1. The van der Waals surface area contributed by atoms with E-state index < -0.39 is 30.5 Å². The van der Waals surface area contributed by atoms with E-state index in [1.54, 1.807) is 6.92 Å². The zero-order valence-electron chi connectivity index (χ0n) is 12.5. The van der Waals surface area contributed by atoms with Crippen molar-refractivity contribution in [2.45, 2.75) is 37.4 Å². The van der Waals surface area contributed by atoms with Crippen molar-refractivity contribution >= 4 is 27.3 Å². The highest BCUT2D eigenvalue weighted by molar-refractivity contribution is 7.20. The Labute approximate surface area is 137 Å². The summed E-state index contributed by atoms with van der Waals surface area (Å²) < 4.78 is 6.48. The van der Waals surface area contributed by atoms with Crippen molar-refractivity contribution in [3.05, 3.63) is 35.2 Å². The van der Waals surface area contributed by atoms with Gasteiger partial charge in [-0.15, -0.1) is 11.3 Å². The van der Waals surface area contributed by atoms with E-state index in [-0.39, 0.29) is 12.5 Å². The van der Waals surface area contributed by atoms with Gasteiger partial charge in [0.15, 0.2) is 0 Å². The van der Waals surface area contributed by atoms with Crippen molar-refractivity contribution in [3.63, 3.8) is 0 Å². The Balaban J connectivity index is 1.64. The molecule has 1 saturated heterocycles. The van der Waals surface area contributed by atoms with Gasteiger partial charge < -0.3 is 25.4 Å². The summed E-state index contributed by atoms with van der Waals surface area (Å²) in [7, 11) is 0. The third kappa shape index (κ3) is 3.24. The molecule has 7 heteroatoms. The van der Waals surface area contributed by atoms with Crippen LogP contribution in [0, 0.1) is 0 Å². The zero-order chi connectivity index (χ0) is 16.6. The number of thiophene rings is 1. The first-order valence-electron chi connectivity index (χ1n) is 7.44. The third-order valence-electron chi connectivity index (χ3n) is 4.06. The van der Waals surface area contributed by atoms with E-state index >= 15 is 0 Å². The van der Waals surface area contributed by atoms with Gasteiger partial charge in [-0.3, -0.25) is 4.79 Å². The lowest BCUT2D eigenvalue weighted by Gasteiger charge is -2.39. The van der Waals surface area contributed by atoms with Crippen LogP contribution in [0.15, 0.2) is 30.3 Å². The zero-order valence-corrected chi connectivity index (χ0v) is 13.4. The molecule has 1 aromatic carbocycles. The van der Waals surface area contributed by atoms with Crippen LogP contribution < -0.4 is 5.32 Å².